The van der Waals surface area contributed by atoms with Crippen molar-refractivity contribution in [2.75, 3.05) is 19.1 Å². The van der Waals surface area contributed by atoms with Crippen molar-refractivity contribution in [1.82, 2.24) is 0 Å². The molecule has 0 radical (unpaired) electrons. The van der Waals surface area contributed by atoms with Gasteiger partial charge in [0.2, 0.25) is 0 Å². The zero-order chi connectivity index (χ0) is 16.3. The number of carbonyl (C=O) groups is 1. The molecule has 0 heterocycles. The number of methoxy groups -OCH3 is 1. The number of nitrogens with two attached hydrogens (primary N) is 1. The second-order valence-corrected chi connectivity index (χ2v) is 5.25. The second kappa shape index (κ2) is 6.50. The molecule has 112 valence electrons. The molecule has 0 atom stereocenters. The van der Waals surface area contributed by atoms with Crippen LogP contribution >= 0.6 is 11.8 Å². The Bertz CT molecular complexity index is 767. The summed E-state index contributed by atoms with van der Waals surface area (Å²) in [7, 11) is 1.26. The van der Waals surface area contributed by atoms with Gasteiger partial charge in [0, 0.05) is 10.5 Å². The van der Waals surface area contributed by atoms with Gasteiger partial charge in [0.15, 0.2) is 0 Å². The molecule has 2 rings (SSSR count). The molecule has 0 fully saturated rings. The number of thioether (sulfide) groups is 1. The minimum absolute atomic E-state index is 0.0699. The lowest BCUT2D eigenvalue weighted by Crippen LogP contribution is -2.10. The van der Waals surface area contributed by atoms with Gasteiger partial charge in [-0.2, -0.15) is 5.26 Å². The molecule has 0 saturated heterocycles. The number of hydrogen-bond acceptors (Lipinski definition) is 5. The van der Waals surface area contributed by atoms with E-state index in [-0.39, 0.29) is 22.6 Å². The Morgan fingerprint density at radius 3 is 2.50 bits per heavy atom. The van der Waals surface area contributed by atoms with E-state index in [1.54, 1.807) is 24.5 Å². The first-order valence-electron chi connectivity index (χ1n) is 6.28. The minimum atomic E-state index is -0.594. The van der Waals surface area contributed by atoms with Gasteiger partial charge in [-0.1, -0.05) is 12.1 Å². The molecular weight excluding hydrogens is 303 g/mol. The average molecular weight is 316 g/mol. The molecule has 22 heavy (non-hydrogen) atoms. The van der Waals surface area contributed by atoms with E-state index in [1.807, 2.05) is 6.07 Å². The second-order valence-electron chi connectivity index (χ2n) is 4.40. The van der Waals surface area contributed by atoms with Crippen LogP contribution in [-0.2, 0) is 4.74 Å². The molecule has 0 aliphatic heterocycles. The highest BCUT2D eigenvalue weighted by Gasteiger charge is 2.22. The van der Waals surface area contributed by atoms with Gasteiger partial charge in [0.05, 0.1) is 23.9 Å². The van der Waals surface area contributed by atoms with E-state index >= 15 is 0 Å². The fourth-order valence-corrected chi connectivity index (χ4v) is 2.76. The Balaban J connectivity index is 2.76. The average Bonchev–Trinajstić information content (AvgIpc) is 2.54. The summed E-state index contributed by atoms with van der Waals surface area (Å²) in [5.74, 6) is -0.962. The van der Waals surface area contributed by atoms with Crippen molar-refractivity contribution in [2.24, 2.45) is 0 Å². The van der Waals surface area contributed by atoms with Crippen LogP contribution in [0.3, 0.4) is 0 Å². The number of nitrogens with zero attached hydrogens (tertiary/aromatic N) is 1. The predicted octanol–water partition coefficient (Wildman–Crippen LogP) is 3.46. The topological polar surface area (TPSA) is 76.1 Å². The molecule has 6 heteroatoms. The summed E-state index contributed by atoms with van der Waals surface area (Å²) in [5, 5.41) is 9.39. The monoisotopic (exact) mass is 316 g/mol. The Hall–Kier alpha value is -2.52. The molecule has 0 bridgehead atoms. The molecule has 2 N–H and O–H groups in total. The zero-order valence-electron chi connectivity index (χ0n) is 12.0. The van der Waals surface area contributed by atoms with Crippen LogP contribution in [0.15, 0.2) is 35.2 Å². The van der Waals surface area contributed by atoms with Crippen LogP contribution in [0.1, 0.15) is 15.9 Å². The van der Waals surface area contributed by atoms with E-state index in [9.17, 15) is 14.4 Å². The van der Waals surface area contributed by atoms with Crippen molar-refractivity contribution in [2.45, 2.75) is 4.90 Å². The van der Waals surface area contributed by atoms with Crippen molar-refractivity contribution in [3.63, 3.8) is 0 Å². The van der Waals surface area contributed by atoms with Crippen molar-refractivity contribution in [3.8, 4) is 17.2 Å². The molecule has 0 saturated carbocycles. The first kappa shape index (κ1) is 15.9. The lowest BCUT2D eigenvalue weighted by molar-refractivity contribution is 0.0598. The van der Waals surface area contributed by atoms with Gasteiger partial charge >= 0.3 is 5.97 Å². The maximum atomic E-state index is 13.1. The lowest BCUT2D eigenvalue weighted by atomic mass is 9.96. The zero-order valence-corrected chi connectivity index (χ0v) is 12.8. The van der Waals surface area contributed by atoms with Crippen molar-refractivity contribution < 1.29 is 13.9 Å². The summed E-state index contributed by atoms with van der Waals surface area (Å²) in [6, 6.07) is 9.44. The highest BCUT2D eigenvalue weighted by Crippen LogP contribution is 2.36. The molecule has 0 unspecified atom stereocenters. The number of rotatable bonds is 3. The maximum absolute atomic E-state index is 13.1. The summed E-state index contributed by atoms with van der Waals surface area (Å²) < 4.78 is 17.8. The van der Waals surface area contributed by atoms with E-state index in [2.05, 4.69) is 0 Å². The number of hydrogen-bond donors (Lipinski definition) is 1. The van der Waals surface area contributed by atoms with E-state index in [0.717, 1.165) is 0 Å². The first-order chi connectivity index (χ1) is 10.5. The number of esters is 1. The molecular formula is C16H13FN2O2S. The van der Waals surface area contributed by atoms with Crippen LogP contribution in [0.4, 0.5) is 10.1 Å². The Morgan fingerprint density at radius 2 is 2.00 bits per heavy atom. The normalized spacial score (nSPS) is 10.1. The van der Waals surface area contributed by atoms with E-state index in [4.69, 9.17) is 10.5 Å². The van der Waals surface area contributed by atoms with Crippen LogP contribution in [0.5, 0.6) is 0 Å². The molecule has 0 amide bonds. The van der Waals surface area contributed by atoms with Gasteiger partial charge in [-0.05, 0) is 30.0 Å². The van der Waals surface area contributed by atoms with Crippen molar-refractivity contribution in [3.05, 3.63) is 47.3 Å². The Labute approximate surface area is 131 Å². The van der Waals surface area contributed by atoms with Crippen LogP contribution in [0.25, 0.3) is 11.1 Å². The number of anilines is 1. The summed E-state index contributed by atoms with van der Waals surface area (Å²) in [4.78, 5) is 12.5. The summed E-state index contributed by atoms with van der Waals surface area (Å²) >= 11 is 1.32. The number of carbonyl (C=O) groups excluding carboxylic acids is 1. The highest BCUT2D eigenvalue weighted by molar-refractivity contribution is 7.98. The summed E-state index contributed by atoms with van der Waals surface area (Å²) in [6.45, 7) is 0. The molecule has 0 aromatic heterocycles. The number of nitrogen functional groups attached to an aromatic ring is 1. The molecule has 0 aliphatic rings. The van der Waals surface area contributed by atoms with Crippen LogP contribution < -0.4 is 5.73 Å². The van der Waals surface area contributed by atoms with Gasteiger partial charge in [0.1, 0.15) is 11.9 Å². The fourth-order valence-electron chi connectivity index (χ4n) is 2.13. The number of benzene rings is 2. The molecule has 4 nitrogen and oxygen atoms in total. The van der Waals surface area contributed by atoms with E-state index in [0.29, 0.717) is 16.0 Å². The quantitative estimate of drug-likeness (QED) is 0.533. The SMILES string of the molecule is COC(=O)c1c(SC)cc(-c2ccc(F)cc2)c(C#N)c1N. The van der Waals surface area contributed by atoms with Gasteiger partial charge in [-0.25, -0.2) is 9.18 Å². The third kappa shape index (κ3) is 2.76. The highest BCUT2D eigenvalue weighted by atomic mass is 32.2. The molecule has 2 aromatic carbocycles. The first-order valence-corrected chi connectivity index (χ1v) is 7.50. The van der Waals surface area contributed by atoms with E-state index < -0.39 is 5.97 Å². The Morgan fingerprint density at radius 1 is 1.36 bits per heavy atom. The van der Waals surface area contributed by atoms with Gasteiger partial charge in [0.25, 0.3) is 0 Å². The fraction of sp³-hybridized carbons (Fsp3) is 0.125. The number of ether oxygens (including phenoxy) is 1. The van der Waals surface area contributed by atoms with Crippen LogP contribution in [0.2, 0.25) is 0 Å². The summed E-state index contributed by atoms with van der Waals surface area (Å²) in [5.41, 5.74) is 7.63. The molecule has 0 spiro atoms. The number of nitriles is 1. The predicted molar refractivity (Wildman–Crippen MR) is 84.1 cm³/mol. The van der Waals surface area contributed by atoms with E-state index in [1.165, 1.54) is 31.0 Å². The van der Waals surface area contributed by atoms with Gasteiger partial charge in [-0.15, -0.1) is 11.8 Å². The van der Waals surface area contributed by atoms with Crippen LogP contribution in [0, 0.1) is 17.1 Å². The van der Waals surface area contributed by atoms with Crippen molar-refractivity contribution >= 4 is 23.4 Å². The Kier molecular flexibility index (Phi) is 4.68. The van der Waals surface area contributed by atoms with Gasteiger partial charge < -0.3 is 10.5 Å². The van der Waals surface area contributed by atoms with Gasteiger partial charge in [-0.3, -0.25) is 0 Å². The maximum Gasteiger partial charge on any atom is 0.341 e. The lowest BCUT2D eigenvalue weighted by Gasteiger charge is -2.14. The molecule has 0 aliphatic carbocycles. The third-order valence-electron chi connectivity index (χ3n) is 3.21. The number of halogens is 1. The van der Waals surface area contributed by atoms with Crippen LogP contribution in [-0.4, -0.2) is 19.3 Å². The largest absolute Gasteiger partial charge is 0.465 e. The van der Waals surface area contributed by atoms with Crippen molar-refractivity contribution in [1.29, 1.82) is 5.26 Å². The molecule has 2 aromatic rings. The third-order valence-corrected chi connectivity index (χ3v) is 3.97. The standard InChI is InChI=1S/C16H13FN2O2S/c1-21-16(20)14-13(22-2)7-11(12(8-18)15(14)19)9-3-5-10(17)6-4-9/h3-7H,19H2,1-2H3. The smallest absolute Gasteiger partial charge is 0.341 e. The summed E-state index contributed by atoms with van der Waals surface area (Å²) in [6.07, 6.45) is 1.79. The minimum Gasteiger partial charge on any atom is -0.465 e.